The summed E-state index contributed by atoms with van der Waals surface area (Å²) >= 11 is 0. The molecule has 1 saturated carbocycles. The first-order valence-corrected chi connectivity index (χ1v) is 4.58. The van der Waals surface area contributed by atoms with Gasteiger partial charge in [0.25, 0.3) is 0 Å². The summed E-state index contributed by atoms with van der Waals surface area (Å²) in [7, 11) is 0. The van der Waals surface area contributed by atoms with Crippen molar-refractivity contribution in [1.29, 1.82) is 0 Å². The molecular formula is C10H12O5. The van der Waals surface area contributed by atoms with Crippen LogP contribution in [0.4, 0.5) is 0 Å². The van der Waals surface area contributed by atoms with Gasteiger partial charge in [-0.2, -0.15) is 0 Å². The van der Waals surface area contributed by atoms with Crippen LogP contribution < -0.4 is 0 Å². The first-order chi connectivity index (χ1) is 7.06. The lowest BCUT2D eigenvalue weighted by atomic mass is 10.1. The third-order valence-electron chi connectivity index (χ3n) is 1.88. The lowest BCUT2D eigenvalue weighted by Crippen LogP contribution is -2.33. The van der Waals surface area contributed by atoms with Gasteiger partial charge in [-0.3, -0.25) is 14.4 Å². The molecular weight excluding hydrogens is 200 g/mol. The van der Waals surface area contributed by atoms with Crippen molar-refractivity contribution in [1.82, 2.24) is 0 Å². The maximum absolute atomic E-state index is 11.4. The third-order valence-corrected chi connectivity index (χ3v) is 1.88. The fraction of sp³-hybridized carbons (Fsp3) is 0.500. The monoisotopic (exact) mass is 212 g/mol. The summed E-state index contributed by atoms with van der Waals surface area (Å²) in [4.78, 5) is 33.7. The van der Waals surface area contributed by atoms with Gasteiger partial charge in [0.2, 0.25) is 5.92 Å². The molecule has 1 unspecified atom stereocenters. The SMILES string of the molecule is C=COC(=O)C(C(C)=O)C(=O)OC1CC1. The predicted molar refractivity (Wildman–Crippen MR) is 49.6 cm³/mol. The van der Waals surface area contributed by atoms with Crippen LogP contribution in [0, 0.1) is 5.92 Å². The summed E-state index contributed by atoms with van der Waals surface area (Å²) in [5.41, 5.74) is 0. The van der Waals surface area contributed by atoms with E-state index in [1.54, 1.807) is 0 Å². The van der Waals surface area contributed by atoms with Crippen molar-refractivity contribution in [2.75, 3.05) is 0 Å². The van der Waals surface area contributed by atoms with Crippen molar-refractivity contribution in [3.05, 3.63) is 12.8 Å². The second-order valence-corrected chi connectivity index (χ2v) is 3.28. The Balaban J connectivity index is 2.62. The van der Waals surface area contributed by atoms with Crippen LogP contribution in [-0.4, -0.2) is 23.8 Å². The summed E-state index contributed by atoms with van der Waals surface area (Å²) in [6.45, 7) is 4.31. The van der Waals surface area contributed by atoms with Crippen molar-refractivity contribution < 1.29 is 23.9 Å². The number of hydrogen-bond acceptors (Lipinski definition) is 5. The molecule has 0 radical (unpaired) electrons. The second kappa shape index (κ2) is 4.72. The number of carbonyl (C=O) groups is 3. The van der Waals surface area contributed by atoms with Crippen LogP contribution in [0.5, 0.6) is 0 Å². The van der Waals surface area contributed by atoms with Gasteiger partial charge in [-0.05, 0) is 19.8 Å². The summed E-state index contributed by atoms with van der Waals surface area (Å²) in [5, 5.41) is 0. The molecule has 1 rings (SSSR count). The van der Waals surface area contributed by atoms with Gasteiger partial charge < -0.3 is 9.47 Å². The van der Waals surface area contributed by atoms with E-state index < -0.39 is 23.6 Å². The predicted octanol–water partition coefficient (Wildman–Crippen LogP) is 0.584. The summed E-state index contributed by atoms with van der Waals surface area (Å²) < 4.78 is 9.25. The van der Waals surface area contributed by atoms with Crippen molar-refractivity contribution in [3.8, 4) is 0 Å². The van der Waals surface area contributed by atoms with E-state index in [0.29, 0.717) is 0 Å². The van der Waals surface area contributed by atoms with E-state index in [4.69, 9.17) is 4.74 Å². The molecule has 0 aromatic heterocycles. The number of ketones is 1. The van der Waals surface area contributed by atoms with Crippen LogP contribution in [0.1, 0.15) is 19.8 Å². The highest BCUT2D eigenvalue weighted by Crippen LogP contribution is 2.25. The van der Waals surface area contributed by atoms with Gasteiger partial charge in [0, 0.05) is 0 Å². The van der Waals surface area contributed by atoms with Crippen LogP contribution in [0.2, 0.25) is 0 Å². The van der Waals surface area contributed by atoms with E-state index in [9.17, 15) is 14.4 Å². The van der Waals surface area contributed by atoms with Crippen molar-refractivity contribution >= 4 is 17.7 Å². The van der Waals surface area contributed by atoms with E-state index in [1.807, 2.05) is 0 Å². The Kier molecular flexibility index (Phi) is 3.60. The number of hydrogen-bond donors (Lipinski definition) is 0. The molecule has 0 aromatic rings. The van der Waals surface area contributed by atoms with Crippen molar-refractivity contribution in [2.24, 2.45) is 5.92 Å². The molecule has 0 saturated heterocycles. The summed E-state index contributed by atoms with van der Waals surface area (Å²) in [6, 6.07) is 0. The average molecular weight is 212 g/mol. The highest BCUT2D eigenvalue weighted by atomic mass is 16.6. The third kappa shape index (κ3) is 3.19. The standard InChI is InChI=1S/C10H12O5/c1-3-14-9(12)8(6(2)11)10(13)15-7-4-5-7/h3,7-8H,1,4-5H2,2H3. The Morgan fingerprint density at radius 2 is 1.93 bits per heavy atom. The Bertz CT molecular complexity index is 303. The van der Waals surface area contributed by atoms with Gasteiger partial charge in [0.15, 0.2) is 5.78 Å². The van der Waals surface area contributed by atoms with Gasteiger partial charge in [-0.1, -0.05) is 6.58 Å². The smallest absolute Gasteiger partial charge is 0.332 e. The molecule has 0 heterocycles. The number of rotatable bonds is 5. The molecule has 1 fully saturated rings. The molecule has 5 nitrogen and oxygen atoms in total. The Morgan fingerprint density at radius 3 is 2.33 bits per heavy atom. The minimum absolute atomic E-state index is 0.143. The van der Waals surface area contributed by atoms with E-state index >= 15 is 0 Å². The van der Waals surface area contributed by atoms with E-state index in [1.165, 1.54) is 0 Å². The summed E-state index contributed by atoms with van der Waals surface area (Å²) in [6.07, 6.45) is 2.30. The molecule has 0 spiro atoms. The van der Waals surface area contributed by atoms with Gasteiger partial charge in [0.1, 0.15) is 6.10 Å². The maximum Gasteiger partial charge on any atom is 0.332 e. The zero-order valence-electron chi connectivity index (χ0n) is 8.39. The second-order valence-electron chi connectivity index (χ2n) is 3.28. The molecule has 1 aliphatic carbocycles. The topological polar surface area (TPSA) is 69.7 Å². The first kappa shape index (κ1) is 11.4. The first-order valence-electron chi connectivity index (χ1n) is 4.58. The number of ether oxygens (including phenoxy) is 2. The fourth-order valence-electron chi connectivity index (χ4n) is 0.997. The van der Waals surface area contributed by atoms with Crippen molar-refractivity contribution in [2.45, 2.75) is 25.9 Å². The minimum atomic E-state index is -1.48. The van der Waals surface area contributed by atoms with Crippen LogP contribution in [0.25, 0.3) is 0 Å². The van der Waals surface area contributed by atoms with Gasteiger partial charge >= 0.3 is 11.9 Å². The molecule has 15 heavy (non-hydrogen) atoms. The Hall–Kier alpha value is -1.65. The largest absolute Gasteiger partial charge is 0.461 e. The van der Waals surface area contributed by atoms with Crippen LogP contribution in [-0.2, 0) is 23.9 Å². The van der Waals surface area contributed by atoms with E-state index in [-0.39, 0.29) is 6.10 Å². The van der Waals surface area contributed by atoms with Crippen LogP contribution >= 0.6 is 0 Å². The number of Topliss-reactive ketones (excluding diaryl/α,β-unsaturated/α-hetero) is 1. The molecule has 1 atom stereocenters. The highest BCUT2D eigenvalue weighted by Gasteiger charge is 2.37. The molecule has 82 valence electrons. The molecule has 1 aliphatic rings. The quantitative estimate of drug-likeness (QED) is 0.379. The molecule has 0 aromatic carbocycles. The van der Waals surface area contributed by atoms with E-state index in [2.05, 4.69) is 11.3 Å². The highest BCUT2D eigenvalue weighted by molar-refractivity contribution is 6.14. The van der Waals surface area contributed by atoms with Gasteiger partial charge in [-0.25, -0.2) is 0 Å². The molecule has 0 aliphatic heterocycles. The lowest BCUT2D eigenvalue weighted by Gasteiger charge is -2.10. The fourth-order valence-corrected chi connectivity index (χ4v) is 0.997. The summed E-state index contributed by atoms with van der Waals surface area (Å²) in [5.74, 6) is -3.85. The van der Waals surface area contributed by atoms with Gasteiger partial charge in [-0.15, -0.1) is 0 Å². The molecule has 0 amide bonds. The lowest BCUT2D eigenvalue weighted by molar-refractivity contribution is -0.162. The van der Waals surface area contributed by atoms with E-state index in [0.717, 1.165) is 26.0 Å². The van der Waals surface area contributed by atoms with Crippen LogP contribution in [0.3, 0.4) is 0 Å². The normalized spacial score (nSPS) is 16.3. The minimum Gasteiger partial charge on any atom is -0.461 e. The molecule has 0 N–H and O–H groups in total. The number of carbonyl (C=O) groups excluding carboxylic acids is 3. The molecule has 0 bridgehead atoms. The van der Waals surface area contributed by atoms with Crippen molar-refractivity contribution in [3.63, 3.8) is 0 Å². The average Bonchev–Trinajstić information content (AvgIpc) is 2.87. The zero-order chi connectivity index (χ0) is 11.4. The molecule has 5 heteroatoms. The van der Waals surface area contributed by atoms with Crippen LogP contribution in [0.15, 0.2) is 12.8 Å². The maximum atomic E-state index is 11.4. The number of esters is 2. The van der Waals surface area contributed by atoms with Gasteiger partial charge in [0.05, 0.1) is 6.26 Å². The Morgan fingerprint density at radius 1 is 1.33 bits per heavy atom. The Labute approximate surface area is 87.0 Å². The zero-order valence-corrected chi connectivity index (χ0v) is 8.39.